The maximum atomic E-state index is 5.83. The van der Waals surface area contributed by atoms with Crippen molar-refractivity contribution in [2.45, 2.75) is 20.8 Å². The third kappa shape index (κ3) is 2.39. The summed E-state index contributed by atoms with van der Waals surface area (Å²) in [7, 11) is 0. The van der Waals surface area contributed by atoms with Crippen LogP contribution in [0.5, 0.6) is 0 Å². The number of aromatic nitrogens is 6. The lowest BCUT2D eigenvalue weighted by atomic mass is 10.3. The maximum Gasteiger partial charge on any atom is 0.170 e. The number of hydrogen-bond acceptors (Lipinski definition) is 6. The van der Waals surface area contributed by atoms with Crippen molar-refractivity contribution in [3.8, 4) is 5.82 Å². The molecule has 0 amide bonds. The molecule has 2 N–H and O–H groups in total. The van der Waals surface area contributed by atoms with Crippen molar-refractivity contribution in [2.24, 2.45) is 0 Å². The van der Waals surface area contributed by atoms with Crippen LogP contribution in [-0.4, -0.2) is 29.7 Å². The second kappa shape index (κ2) is 5.79. The van der Waals surface area contributed by atoms with Gasteiger partial charge in [-0.25, -0.2) is 19.9 Å². The SMILES string of the molecule is CC.Cc1nn(-c2cc(Cl)ncn2)c2ncnc(N)c12. The van der Waals surface area contributed by atoms with Crippen LogP contribution in [0.3, 0.4) is 0 Å². The summed E-state index contributed by atoms with van der Waals surface area (Å²) < 4.78 is 1.57. The first-order valence-electron chi connectivity index (χ1n) is 6.10. The topological polar surface area (TPSA) is 95.4 Å². The first-order valence-corrected chi connectivity index (χ1v) is 6.48. The van der Waals surface area contributed by atoms with E-state index >= 15 is 0 Å². The van der Waals surface area contributed by atoms with Crippen molar-refractivity contribution in [3.63, 3.8) is 0 Å². The largest absolute Gasteiger partial charge is 0.383 e. The number of nitrogens with two attached hydrogens (primary N) is 1. The van der Waals surface area contributed by atoms with Crippen LogP contribution in [0.1, 0.15) is 19.5 Å². The summed E-state index contributed by atoms with van der Waals surface area (Å²) >= 11 is 5.83. The van der Waals surface area contributed by atoms with Crippen LogP contribution in [0, 0.1) is 6.92 Å². The second-order valence-corrected chi connectivity index (χ2v) is 4.04. The molecule has 0 aliphatic rings. The van der Waals surface area contributed by atoms with Crippen molar-refractivity contribution < 1.29 is 0 Å². The minimum absolute atomic E-state index is 0.336. The minimum atomic E-state index is 0.336. The lowest BCUT2D eigenvalue weighted by molar-refractivity contribution is 0.839. The molecule has 3 aromatic rings. The Morgan fingerprint density at radius 3 is 2.50 bits per heavy atom. The van der Waals surface area contributed by atoms with Gasteiger partial charge in [0.2, 0.25) is 0 Å². The average Bonchev–Trinajstić information content (AvgIpc) is 2.80. The smallest absolute Gasteiger partial charge is 0.170 e. The molecule has 0 aliphatic carbocycles. The van der Waals surface area contributed by atoms with Crippen LogP contribution in [0.15, 0.2) is 18.7 Å². The number of nitrogen functional groups attached to an aromatic ring is 1. The molecule has 0 saturated heterocycles. The predicted molar refractivity (Wildman–Crippen MR) is 77.8 cm³/mol. The van der Waals surface area contributed by atoms with Gasteiger partial charge in [0.05, 0.1) is 11.1 Å². The Balaban J connectivity index is 0.000000704. The zero-order valence-corrected chi connectivity index (χ0v) is 12.1. The number of rotatable bonds is 1. The Morgan fingerprint density at radius 2 is 1.80 bits per heavy atom. The normalized spacial score (nSPS) is 10.2. The van der Waals surface area contributed by atoms with Crippen molar-refractivity contribution in [1.29, 1.82) is 0 Å². The van der Waals surface area contributed by atoms with Gasteiger partial charge in [-0.3, -0.25) is 0 Å². The maximum absolute atomic E-state index is 5.83. The highest BCUT2D eigenvalue weighted by molar-refractivity contribution is 6.29. The van der Waals surface area contributed by atoms with E-state index in [1.807, 2.05) is 20.8 Å². The first-order chi connectivity index (χ1) is 9.66. The van der Waals surface area contributed by atoms with E-state index in [1.54, 1.807) is 10.7 Å². The van der Waals surface area contributed by atoms with Gasteiger partial charge in [0.1, 0.15) is 23.6 Å². The van der Waals surface area contributed by atoms with E-state index < -0.39 is 0 Å². The van der Waals surface area contributed by atoms with Crippen molar-refractivity contribution in [1.82, 2.24) is 29.7 Å². The predicted octanol–water partition coefficient (Wildman–Crippen LogP) is 2.18. The summed E-state index contributed by atoms with van der Waals surface area (Å²) in [6.45, 7) is 5.83. The summed E-state index contributed by atoms with van der Waals surface area (Å²) in [6, 6.07) is 1.60. The molecule has 0 aliphatic heterocycles. The molecule has 3 rings (SSSR count). The Morgan fingerprint density at radius 1 is 1.10 bits per heavy atom. The number of nitrogens with zero attached hydrogens (tertiary/aromatic N) is 6. The molecule has 0 saturated carbocycles. The molecule has 0 bridgehead atoms. The standard InChI is InChI=1S/C10H8ClN7.C2H6/c1-5-8-9(12)15-4-16-10(8)18(17-5)7-2-6(11)13-3-14-7;1-2/h2-4H,1H3,(H2,12,15,16);1-2H3. The molecule has 7 nitrogen and oxygen atoms in total. The molecule has 0 fully saturated rings. The van der Waals surface area contributed by atoms with E-state index in [-0.39, 0.29) is 0 Å². The molecule has 8 heteroatoms. The zero-order valence-electron chi connectivity index (χ0n) is 11.4. The van der Waals surface area contributed by atoms with Gasteiger partial charge in [0.25, 0.3) is 0 Å². The van der Waals surface area contributed by atoms with E-state index in [1.165, 1.54) is 12.7 Å². The van der Waals surface area contributed by atoms with Crippen LogP contribution in [-0.2, 0) is 0 Å². The fourth-order valence-corrected chi connectivity index (χ4v) is 1.89. The van der Waals surface area contributed by atoms with Crippen LogP contribution >= 0.6 is 11.6 Å². The molecular weight excluding hydrogens is 278 g/mol. The highest BCUT2D eigenvalue weighted by atomic mass is 35.5. The fourth-order valence-electron chi connectivity index (χ4n) is 1.74. The summed E-state index contributed by atoms with van der Waals surface area (Å²) in [5.41, 5.74) is 7.14. The summed E-state index contributed by atoms with van der Waals surface area (Å²) in [5, 5.41) is 5.40. The van der Waals surface area contributed by atoms with Crippen molar-refractivity contribution in [2.75, 3.05) is 5.73 Å². The number of aryl methyl sites for hydroxylation is 1. The summed E-state index contributed by atoms with van der Waals surface area (Å²) in [5.74, 6) is 0.926. The summed E-state index contributed by atoms with van der Waals surface area (Å²) in [6.07, 6.45) is 2.75. The van der Waals surface area contributed by atoms with Gasteiger partial charge in [-0.05, 0) is 6.92 Å². The quantitative estimate of drug-likeness (QED) is 0.690. The molecular formula is C12H14ClN7. The third-order valence-electron chi connectivity index (χ3n) is 2.51. The molecule has 0 atom stereocenters. The first kappa shape index (κ1) is 14.1. The molecule has 104 valence electrons. The van der Waals surface area contributed by atoms with E-state index in [2.05, 4.69) is 25.0 Å². The lowest BCUT2D eigenvalue weighted by Crippen LogP contribution is -2.01. The van der Waals surface area contributed by atoms with Crippen molar-refractivity contribution >= 4 is 28.5 Å². The fraction of sp³-hybridized carbons (Fsp3) is 0.250. The van der Waals surface area contributed by atoms with Gasteiger partial charge >= 0.3 is 0 Å². The van der Waals surface area contributed by atoms with E-state index in [0.717, 1.165) is 5.69 Å². The van der Waals surface area contributed by atoms with E-state index in [9.17, 15) is 0 Å². The van der Waals surface area contributed by atoms with Crippen LogP contribution in [0.2, 0.25) is 5.15 Å². The van der Waals surface area contributed by atoms with Gasteiger partial charge in [-0.15, -0.1) is 0 Å². The zero-order chi connectivity index (χ0) is 14.7. The number of halogens is 1. The monoisotopic (exact) mass is 291 g/mol. The molecule has 3 heterocycles. The van der Waals surface area contributed by atoms with Crippen LogP contribution in [0.4, 0.5) is 5.82 Å². The van der Waals surface area contributed by atoms with Crippen LogP contribution in [0.25, 0.3) is 16.9 Å². The Kier molecular flexibility index (Phi) is 4.09. The highest BCUT2D eigenvalue weighted by Crippen LogP contribution is 2.22. The highest BCUT2D eigenvalue weighted by Gasteiger charge is 2.14. The third-order valence-corrected chi connectivity index (χ3v) is 2.71. The average molecular weight is 292 g/mol. The Labute approximate surface area is 120 Å². The summed E-state index contributed by atoms with van der Waals surface area (Å²) in [4.78, 5) is 16.1. The van der Waals surface area contributed by atoms with E-state index in [0.29, 0.717) is 27.8 Å². The van der Waals surface area contributed by atoms with Gasteiger partial charge < -0.3 is 5.73 Å². The lowest BCUT2D eigenvalue weighted by Gasteiger charge is -2.01. The molecule has 0 radical (unpaired) electrons. The number of hydrogen-bond donors (Lipinski definition) is 1. The molecule has 0 unspecified atom stereocenters. The number of fused-ring (bicyclic) bond motifs is 1. The van der Waals surface area contributed by atoms with Gasteiger partial charge in [0, 0.05) is 6.07 Å². The second-order valence-electron chi connectivity index (χ2n) is 3.65. The van der Waals surface area contributed by atoms with Gasteiger partial charge in [0.15, 0.2) is 11.5 Å². The molecule has 20 heavy (non-hydrogen) atoms. The molecule has 0 aromatic carbocycles. The molecule has 3 aromatic heterocycles. The van der Waals surface area contributed by atoms with E-state index in [4.69, 9.17) is 17.3 Å². The minimum Gasteiger partial charge on any atom is -0.383 e. The van der Waals surface area contributed by atoms with Gasteiger partial charge in [-0.1, -0.05) is 25.4 Å². The Hall–Kier alpha value is -2.28. The van der Waals surface area contributed by atoms with Crippen molar-refractivity contribution in [3.05, 3.63) is 29.6 Å². The van der Waals surface area contributed by atoms with Gasteiger partial charge in [-0.2, -0.15) is 9.78 Å². The van der Waals surface area contributed by atoms with Crippen LogP contribution < -0.4 is 5.73 Å². The Bertz CT molecular complexity index is 738. The number of anilines is 1. The molecule has 0 spiro atoms.